The van der Waals surface area contributed by atoms with Crippen LogP contribution in [0.2, 0.25) is 0 Å². The highest BCUT2D eigenvalue weighted by atomic mass is 16.2. The Balaban J connectivity index is 1.81. The molecule has 2 heterocycles. The molecular weight excluding hydrogens is 218 g/mol. The average molecular weight is 239 g/mol. The van der Waals surface area contributed by atoms with Gasteiger partial charge in [-0.2, -0.15) is 0 Å². The van der Waals surface area contributed by atoms with Gasteiger partial charge in [-0.25, -0.2) is 0 Å². The first-order valence-electron chi connectivity index (χ1n) is 6.50. The van der Waals surface area contributed by atoms with E-state index in [0.717, 1.165) is 32.6 Å². The molecule has 5 heteroatoms. The molecule has 2 saturated heterocycles. The molecule has 5 nitrogen and oxygen atoms in total. The van der Waals surface area contributed by atoms with Crippen LogP contribution in [0, 0.1) is 0 Å². The number of amides is 2. The Bertz CT molecular complexity index is 286. The number of carbonyl (C=O) groups is 2. The summed E-state index contributed by atoms with van der Waals surface area (Å²) in [5.41, 5.74) is 0. The minimum absolute atomic E-state index is 0.00168. The third-order valence-electron chi connectivity index (χ3n) is 3.55. The van der Waals surface area contributed by atoms with Gasteiger partial charge in [-0.15, -0.1) is 0 Å². The first kappa shape index (κ1) is 12.5. The molecule has 2 rings (SSSR count). The largest absolute Gasteiger partial charge is 0.314 e. The molecule has 0 aromatic heterocycles. The molecule has 0 aromatic carbocycles. The standard InChI is InChI=1S/C12H21N3O2/c1-2-5-14(10-8-13-9-10)6-7-15-11(16)3-4-12(15)17/h10,13H,2-9H2,1H3. The molecule has 2 aliphatic rings. The van der Waals surface area contributed by atoms with Crippen molar-refractivity contribution in [2.45, 2.75) is 32.2 Å². The Hall–Kier alpha value is -0.940. The molecule has 0 radical (unpaired) electrons. The molecule has 0 aromatic rings. The number of nitrogens with zero attached hydrogens (tertiary/aromatic N) is 2. The van der Waals surface area contributed by atoms with Crippen LogP contribution in [0.1, 0.15) is 26.2 Å². The maximum absolute atomic E-state index is 11.5. The number of nitrogens with one attached hydrogen (secondary N) is 1. The van der Waals surface area contributed by atoms with Gasteiger partial charge in [0.1, 0.15) is 0 Å². The summed E-state index contributed by atoms with van der Waals surface area (Å²) in [5, 5.41) is 3.26. The molecule has 0 spiro atoms. The summed E-state index contributed by atoms with van der Waals surface area (Å²) in [6.45, 7) is 6.64. The Kier molecular flexibility index (Phi) is 4.12. The predicted molar refractivity (Wildman–Crippen MR) is 64.5 cm³/mol. The average Bonchev–Trinajstić information content (AvgIpc) is 2.53. The Morgan fingerprint density at radius 3 is 2.35 bits per heavy atom. The number of imide groups is 1. The lowest BCUT2D eigenvalue weighted by molar-refractivity contribution is -0.138. The van der Waals surface area contributed by atoms with Crippen molar-refractivity contribution in [3.8, 4) is 0 Å². The molecule has 1 N–H and O–H groups in total. The van der Waals surface area contributed by atoms with Crippen molar-refractivity contribution in [3.63, 3.8) is 0 Å². The monoisotopic (exact) mass is 239 g/mol. The maximum atomic E-state index is 11.5. The van der Waals surface area contributed by atoms with Crippen LogP contribution in [0.25, 0.3) is 0 Å². The molecular formula is C12H21N3O2. The van der Waals surface area contributed by atoms with Gasteiger partial charge in [0.25, 0.3) is 0 Å². The molecule has 2 aliphatic heterocycles. The van der Waals surface area contributed by atoms with E-state index >= 15 is 0 Å². The summed E-state index contributed by atoms with van der Waals surface area (Å²) < 4.78 is 0. The van der Waals surface area contributed by atoms with Crippen molar-refractivity contribution in [1.82, 2.24) is 15.1 Å². The Labute approximate surface area is 102 Å². The highest BCUT2D eigenvalue weighted by molar-refractivity contribution is 6.01. The van der Waals surface area contributed by atoms with Gasteiger partial charge in [0, 0.05) is 45.1 Å². The minimum Gasteiger partial charge on any atom is -0.314 e. The zero-order valence-electron chi connectivity index (χ0n) is 10.4. The summed E-state index contributed by atoms with van der Waals surface area (Å²) in [7, 11) is 0. The molecule has 96 valence electrons. The zero-order chi connectivity index (χ0) is 12.3. The number of rotatable bonds is 6. The van der Waals surface area contributed by atoms with Crippen LogP contribution in [-0.4, -0.2) is 60.4 Å². The van der Waals surface area contributed by atoms with Crippen molar-refractivity contribution < 1.29 is 9.59 Å². The van der Waals surface area contributed by atoms with E-state index in [1.807, 2.05) is 0 Å². The van der Waals surface area contributed by atoms with Gasteiger partial charge in [-0.1, -0.05) is 6.92 Å². The van der Waals surface area contributed by atoms with Gasteiger partial charge < -0.3 is 5.32 Å². The van der Waals surface area contributed by atoms with Gasteiger partial charge in [-0.3, -0.25) is 19.4 Å². The van der Waals surface area contributed by atoms with E-state index in [2.05, 4.69) is 17.1 Å². The lowest BCUT2D eigenvalue weighted by Crippen LogP contribution is -2.58. The normalized spacial score (nSPS) is 21.4. The maximum Gasteiger partial charge on any atom is 0.229 e. The molecule has 17 heavy (non-hydrogen) atoms. The fourth-order valence-electron chi connectivity index (χ4n) is 2.40. The summed E-state index contributed by atoms with van der Waals surface area (Å²) >= 11 is 0. The first-order chi connectivity index (χ1) is 8.22. The van der Waals surface area contributed by atoms with E-state index in [1.54, 1.807) is 0 Å². The third-order valence-corrected chi connectivity index (χ3v) is 3.55. The van der Waals surface area contributed by atoms with Crippen LogP contribution < -0.4 is 5.32 Å². The summed E-state index contributed by atoms with van der Waals surface area (Å²) in [5.74, 6) is -0.00336. The van der Waals surface area contributed by atoms with E-state index in [0.29, 0.717) is 25.4 Å². The van der Waals surface area contributed by atoms with Crippen molar-refractivity contribution in [2.75, 3.05) is 32.7 Å². The van der Waals surface area contributed by atoms with Crippen LogP contribution in [0.15, 0.2) is 0 Å². The van der Waals surface area contributed by atoms with E-state index in [4.69, 9.17) is 0 Å². The second kappa shape index (κ2) is 5.60. The Morgan fingerprint density at radius 1 is 1.24 bits per heavy atom. The smallest absolute Gasteiger partial charge is 0.229 e. The van der Waals surface area contributed by atoms with Crippen molar-refractivity contribution in [1.29, 1.82) is 0 Å². The van der Waals surface area contributed by atoms with E-state index < -0.39 is 0 Å². The van der Waals surface area contributed by atoms with E-state index in [9.17, 15) is 9.59 Å². The molecule has 0 atom stereocenters. The number of hydrogen-bond acceptors (Lipinski definition) is 4. The van der Waals surface area contributed by atoms with Crippen molar-refractivity contribution in [3.05, 3.63) is 0 Å². The van der Waals surface area contributed by atoms with Gasteiger partial charge in [0.15, 0.2) is 0 Å². The zero-order valence-corrected chi connectivity index (χ0v) is 10.4. The second-order valence-corrected chi connectivity index (χ2v) is 4.79. The molecule has 2 fully saturated rings. The molecule has 0 saturated carbocycles. The van der Waals surface area contributed by atoms with Gasteiger partial charge in [-0.05, 0) is 13.0 Å². The molecule has 0 bridgehead atoms. The highest BCUT2D eigenvalue weighted by Gasteiger charge is 2.30. The molecule has 2 amide bonds. The van der Waals surface area contributed by atoms with Gasteiger partial charge in [0.2, 0.25) is 11.8 Å². The lowest BCUT2D eigenvalue weighted by atomic mass is 10.1. The first-order valence-corrected chi connectivity index (χ1v) is 6.50. The van der Waals surface area contributed by atoms with Crippen LogP contribution in [-0.2, 0) is 9.59 Å². The lowest BCUT2D eigenvalue weighted by Gasteiger charge is -2.38. The van der Waals surface area contributed by atoms with Gasteiger partial charge in [0.05, 0.1) is 0 Å². The SMILES string of the molecule is CCCN(CCN1C(=O)CCC1=O)C1CNC1. The Morgan fingerprint density at radius 2 is 1.88 bits per heavy atom. The summed E-state index contributed by atoms with van der Waals surface area (Å²) in [6, 6.07) is 0.586. The predicted octanol–water partition coefficient (Wildman–Crippen LogP) is -0.181. The highest BCUT2D eigenvalue weighted by Crippen LogP contribution is 2.12. The fraction of sp³-hybridized carbons (Fsp3) is 0.833. The fourth-order valence-corrected chi connectivity index (χ4v) is 2.40. The van der Waals surface area contributed by atoms with Crippen LogP contribution in [0.3, 0.4) is 0 Å². The van der Waals surface area contributed by atoms with E-state index in [-0.39, 0.29) is 11.8 Å². The number of likely N-dealkylation sites (tertiary alicyclic amines) is 1. The number of hydrogen-bond donors (Lipinski definition) is 1. The van der Waals surface area contributed by atoms with Gasteiger partial charge >= 0.3 is 0 Å². The third kappa shape index (κ3) is 2.84. The summed E-state index contributed by atoms with van der Waals surface area (Å²) in [6.07, 6.45) is 1.91. The van der Waals surface area contributed by atoms with Crippen LogP contribution >= 0.6 is 0 Å². The minimum atomic E-state index is -0.00168. The number of carbonyl (C=O) groups excluding carboxylic acids is 2. The topological polar surface area (TPSA) is 52.7 Å². The quantitative estimate of drug-likeness (QED) is 0.653. The van der Waals surface area contributed by atoms with Crippen LogP contribution in [0.5, 0.6) is 0 Å². The van der Waals surface area contributed by atoms with Crippen molar-refractivity contribution >= 4 is 11.8 Å². The second-order valence-electron chi connectivity index (χ2n) is 4.79. The molecule has 0 aliphatic carbocycles. The summed E-state index contributed by atoms with van der Waals surface area (Å²) in [4.78, 5) is 26.8. The van der Waals surface area contributed by atoms with Crippen LogP contribution in [0.4, 0.5) is 0 Å². The molecule has 0 unspecified atom stereocenters. The van der Waals surface area contributed by atoms with Crippen molar-refractivity contribution in [2.24, 2.45) is 0 Å². The van der Waals surface area contributed by atoms with E-state index in [1.165, 1.54) is 4.90 Å².